The fourth-order valence-electron chi connectivity index (χ4n) is 2.30. The molecule has 8 heteroatoms. The number of carbonyl (C=O) groups is 3. The molecule has 2 rings (SSSR count). The second-order valence-electron chi connectivity index (χ2n) is 5.91. The van der Waals surface area contributed by atoms with Crippen LogP contribution in [-0.2, 0) is 23.9 Å². The molecule has 27 heavy (non-hydrogen) atoms. The number of aromatic nitrogens is 1. The lowest BCUT2D eigenvalue weighted by Crippen LogP contribution is -2.47. The second kappa shape index (κ2) is 9.51. The van der Waals surface area contributed by atoms with Gasteiger partial charge in [0.2, 0.25) is 5.89 Å². The Labute approximate surface area is 156 Å². The minimum absolute atomic E-state index is 0.115. The van der Waals surface area contributed by atoms with Gasteiger partial charge in [0.25, 0.3) is 5.91 Å². The van der Waals surface area contributed by atoms with Gasteiger partial charge in [-0.25, -0.2) is 14.6 Å². The van der Waals surface area contributed by atoms with Gasteiger partial charge in [0.15, 0.2) is 12.2 Å². The molecule has 0 aliphatic rings. The predicted octanol–water partition coefficient (Wildman–Crippen LogP) is 2.09. The molecule has 144 valence electrons. The standard InChI is InChI=1S/C19H22N2O6/c1-4-12(2)18(19(24)25-3)21-15(22)11-26-17(23)10-9-16-20-13-7-5-6-8-14(13)27-16/h5-10,12,18H,4,11H2,1-3H3,(H,21,22)/b10-9+/t12-,18+/m0/s1. The highest BCUT2D eigenvalue weighted by Crippen LogP contribution is 2.15. The fourth-order valence-corrected chi connectivity index (χ4v) is 2.30. The Kier molecular flexibility index (Phi) is 7.10. The third kappa shape index (κ3) is 5.67. The number of nitrogens with one attached hydrogen (secondary N) is 1. The van der Waals surface area contributed by atoms with Crippen molar-refractivity contribution in [3.8, 4) is 0 Å². The van der Waals surface area contributed by atoms with Crippen LogP contribution in [0.1, 0.15) is 26.2 Å². The summed E-state index contributed by atoms with van der Waals surface area (Å²) in [4.78, 5) is 39.6. The molecular formula is C19H22N2O6. The molecule has 1 amide bonds. The van der Waals surface area contributed by atoms with E-state index in [-0.39, 0.29) is 11.8 Å². The van der Waals surface area contributed by atoms with Gasteiger partial charge in [-0.15, -0.1) is 0 Å². The van der Waals surface area contributed by atoms with Gasteiger partial charge in [-0.3, -0.25) is 4.79 Å². The van der Waals surface area contributed by atoms with Crippen LogP contribution in [0, 0.1) is 5.92 Å². The number of ether oxygens (including phenoxy) is 2. The number of para-hydroxylation sites is 2. The van der Waals surface area contributed by atoms with Crippen LogP contribution in [0.5, 0.6) is 0 Å². The molecule has 8 nitrogen and oxygen atoms in total. The lowest BCUT2D eigenvalue weighted by atomic mass is 9.99. The minimum atomic E-state index is -0.790. The monoisotopic (exact) mass is 374 g/mol. The van der Waals surface area contributed by atoms with E-state index in [4.69, 9.17) is 9.15 Å². The molecule has 0 aliphatic carbocycles. The molecule has 1 aromatic heterocycles. The van der Waals surface area contributed by atoms with Crippen LogP contribution in [-0.4, -0.2) is 42.6 Å². The summed E-state index contributed by atoms with van der Waals surface area (Å²) >= 11 is 0. The van der Waals surface area contributed by atoms with Gasteiger partial charge in [0, 0.05) is 12.2 Å². The van der Waals surface area contributed by atoms with Crippen molar-refractivity contribution in [2.45, 2.75) is 26.3 Å². The molecule has 2 aromatic rings. The Morgan fingerprint density at radius 1 is 1.30 bits per heavy atom. The van der Waals surface area contributed by atoms with Crippen molar-refractivity contribution in [3.05, 3.63) is 36.2 Å². The van der Waals surface area contributed by atoms with E-state index in [0.29, 0.717) is 17.5 Å². The third-order valence-electron chi connectivity index (χ3n) is 4.00. The molecule has 0 saturated heterocycles. The number of esters is 2. The van der Waals surface area contributed by atoms with Crippen LogP contribution >= 0.6 is 0 Å². The Hall–Kier alpha value is -3.16. The summed E-state index contributed by atoms with van der Waals surface area (Å²) in [6.45, 7) is 3.20. The van der Waals surface area contributed by atoms with Crippen LogP contribution in [0.2, 0.25) is 0 Å². The van der Waals surface area contributed by atoms with E-state index in [1.54, 1.807) is 12.1 Å². The summed E-state index contributed by atoms with van der Waals surface area (Å²) in [7, 11) is 1.25. The molecule has 0 fully saturated rings. The SMILES string of the molecule is CC[C@H](C)[C@@H](NC(=O)COC(=O)/C=C/c1nc2ccccc2o1)C(=O)OC. The molecule has 0 saturated carbocycles. The fraction of sp³-hybridized carbons (Fsp3) is 0.368. The third-order valence-corrected chi connectivity index (χ3v) is 4.00. The molecule has 0 bridgehead atoms. The maximum atomic E-state index is 11.9. The van der Waals surface area contributed by atoms with Crippen molar-refractivity contribution >= 4 is 35.0 Å². The van der Waals surface area contributed by atoms with E-state index in [1.807, 2.05) is 26.0 Å². The van der Waals surface area contributed by atoms with E-state index < -0.39 is 30.5 Å². The first-order chi connectivity index (χ1) is 12.9. The topological polar surface area (TPSA) is 108 Å². The van der Waals surface area contributed by atoms with Crippen molar-refractivity contribution in [2.75, 3.05) is 13.7 Å². The number of nitrogens with zero attached hydrogens (tertiary/aromatic N) is 1. The predicted molar refractivity (Wildman–Crippen MR) is 97.4 cm³/mol. The van der Waals surface area contributed by atoms with Gasteiger partial charge in [0.05, 0.1) is 7.11 Å². The Balaban J connectivity index is 1.86. The maximum absolute atomic E-state index is 11.9. The van der Waals surface area contributed by atoms with Crippen LogP contribution < -0.4 is 5.32 Å². The summed E-state index contributed by atoms with van der Waals surface area (Å²) in [5.41, 5.74) is 1.27. The first-order valence-electron chi connectivity index (χ1n) is 8.52. The number of rotatable bonds is 8. The van der Waals surface area contributed by atoms with Crippen LogP contribution in [0.25, 0.3) is 17.2 Å². The van der Waals surface area contributed by atoms with E-state index in [2.05, 4.69) is 15.0 Å². The van der Waals surface area contributed by atoms with E-state index in [0.717, 1.165) is 6.08 Å². The summed E-state index contributed by atoms with van der Waals surface area (Å²) in [6, 6.07) is 6.40. The molecule has 1 aromatic carbocycles. The lowest BCUT2D eigenvalue weighted by molar-refractivity contribution is -0.148. The minimum Gasteiger partial charge on any atom is -0.467 e. The Bertz CT molecular complexity index is 809. The van der Waals surface area contributed by atoms with Gasteiger partial charge in [-0.2, -0.15) is 0 Å². The van der Waals surface area contributed by atoms with Crippen molar-refractivity contribution in [2.24, 2.45) is 5.92 Å². The van der Waals surface area contributed by atoms with Crippen molar-refractivity contribution < 1.29 is 28.3 Å². The van der Waals surface area contributed by atoms with Gasteiger partial charge in [0.1, 0.15) is 11.6 Å². The zero-order valence-corrected chi connectivity index (χ0v) is 15.4. The summed E-state index contributed by atoms with van der Waals surface area (Å²) in [6.07, 6.45) is 3.15. The first kappa shape index (κ1) is 20.2. The quantitative estimate of drug-likeness (QED) is 0.557. The van der Waals surface area contributed by atoms with Crippen LogP contribution in [0.15, 0.2) is 34.8 Å². The molecule has 2 atom stereocenters. The highest BCUT2D eigenvalue weighted by atomic mass is 16.5. The number of hydrogen-bond donors (Lipinski definition) is 1. The molecule has 0 aliphatic heterocycles. The zero-order valence-electron chi connectivity index (χ0n) is 15.4. The zero-order chi connectivity index (χ0) is 19.8. The second-order valence-corrected chi connectivity index (χ2v) is 5.91. The molecule has 0 spiro atoms. The lowest BCUT2D eigenvalue weighted by Gasteiger charge is -2.21. The highest BCUT2D eigenvalue weighted by molar-refractivity contribution is 5.90. The summed E-state index contributed by atoms with van der Waals surface area (Å²) in [5.74, 6) is -1.73. The number of oxazole rings is 1. The van der Waals surface area contributed by atoms with E-state index in [1.165, 1.54) is 13.2 Å². The number of hydrogen-bond acceptors (Lipinski definition) is 7. The smallest absolute Gasteiger partial charge is 0.331 e. The average Bonchev–Trinajstić information content (AvgIpc) is 3.10. The molecular weight excluding hydrogens is 352 g/mol. The molecule has 1 heterocycles. The largest absolute Gasteiger partial charge is 0.467 e. The first-order valence-corrected chi connectivity index (χ1v) is 8.52. The van der Waals surface area contributed by atoms with Crippen molar-refractivity contribution in [1.82, 2.24) is 10.3 Å². The van der Waals surface area contributed by atoms with E-state index in [9.17, 15) is 14.4 Å². The molecule has 0 unspecified atom stereocenters. The van der Waals surface area contributed by atoms with E-state index >= 15 is 0 Å². The van der Waals surface area contributed by atoms with Crippen LogP contribution in [0.4, 0.5) is 0 Å². The maximum Gasteiger partial charge on any atom is 0.331 e. The normalized spacial score (nSPS) is 13.3. The van der Waals surface area contributed by atoms with Gasteiger partial charge in [-0.05, 0) is 18.1 Å². The molecule has 1 N–H and O–H groups in total. The van der Waals surface area contributed by atoms with Gasteiger partial charge < -0.3 is 19.2 Å². The Morgan fingerprint density at radius 3 is 2.70 bits per heavy atom. The summed E-state index contributed by atoms with van der Waals surface area (Å²) in [5, 5.41) is 2.52. The average molecular weight is 374 g/mol. The highest BCUT2D eigenvalue weighted by Gasteiger charge is 2.26. The number of fused-ring (bicyclic) bond motifs is 1. The van der Waals surface area contributed by atoms with Crippen molar-refractivity contribution in [3.63, 3.8) is 0 Å². The number of amides is 1. The Morgan fingerprint density at radius 2 is 2.04 bits per heavy atom. The number of carbonyl (C=O) groups excluding carboxylic acids is 3. The number of methoxy groups -OCH3 is 1. The number of benzene rings is 1. The van der Waals surface area contributed by atoms with Gasteiger partial charge >= 0.3 is 11.9 Å². The van der Waals surface area contributed by atoms with Crippen LogP contribution in [0.3, 0.4) is 0 Å². The van der Waals surface area contributed by atoms with Crippen molar-refractivity contribution in [1.29, 1.82) is 0 Å². The summed E-state index contributed by atoms with van der Waals surface area (Å²) < 4.78 is 15.0. The molecule has 0 radical (unpaired) electrons. The van der Waals surface area contributed by atoms with Gasteiger partial charge in [-0.1, -0.05) is 32.4 Å².